The van der Waals surface area contributed by atoms with Crippen LogP contribution in [0.2, 0.25) is 0 Å². The molecule has 1 saturated heterocycles. The van der Waals surface area contributed by atoms with Crippen molar-refractivity contribution in [2.24, 2.45) is 0 Å². The number of hydrogen-bond donors (Lipinski definition) is 0. The van der Waals surface area contributed by atoms with Crippen LogP contribution < -0.4 is 14.9 Å². The zero-order valence-corrected chi connectivity index (χ0v) is 16.6. The van der Waals surface area contributed by atoms with Crippen LogP contribution in [0.15, 0.2) is 53.5 Å². The lowest BCUT2D eigenvalue weighted by Gasteiger charge is -2.27. The third kappa shape index (κ3) is 3.40. The van der Waals surface area contributed by atoms with Crippen molar-refractivity contribution in [2.75, 3.05) is 19.8 Å². The predicted octanol–water partition coefficient (Wildman–Crippen LogP) is 2.92. The first kappa shape index (κ1) is 18.7. The van der Waals surface area contributed by atoms with E-state index in [1.54, 1.807) is 10.7 Å². The molecule has 2 aliphatic rings. The van der Waals surface area contributed by atoms with Crippen LogP contribution in [0.4, 0.5) is 0 Å². The number of benzene rings is 2. The molecule has 0 saturated carbocycles. The zero-order chi connectivity index (χ0) is 20.5. The normalized spacial score (nSPS) is 18.0. The first-order valence-corrected chi connectivity index (χ1v) is 10.3. The van der Waals surface area contributed by atoms with E-state index in [0.29, 0.717) is 31.6 Å². The number of aromatic nitrogens is 2. The first-order chi connectivity index (χ1) is 14.7. The van der Waals surface area contributed by atoms with Crippen molar-refractivity contribution in [2.45, 2.75) is 31.8 Å². The Morgan fingerprint density at radius 1 is 1.10 bits per heavy atom. The fraction of sp³-hybridized carbons (Fsp3) is 0.348. The number of carbonyl (C=O) groups excluding carboxylic acids is 1. The largest absolute Gasteiger partial charge is 0.486 e. The number of fused-ring (bicyclic) bond motifs is 2. The maximum atomic E-state index is 13.1. The molecule has 2 aromatic carbocycles. The minimum Gasteiger partial charge on any atom is -0.486 e. The molecule has 1 aromatic heterocycles. The van der Waals surface area contributed by atoms with Crippen molar-refractivity contribution >= 4 is 16.8 Å². The van der Waals surface area contributed by atoms with Gasteiger partial charge in [-0.05, 0) is 42.7 Å². The molecule has 7 nitrogen and oxygen atoms in total. The summed E-state index contributed by atoms with van der Waals surface area (Å²) in [5, 5.41) is 4.85. The molecule has 0 aliphatic carbocycles. The van der Waals surface area contributed by atoms with Crippen molar-refractivity contribution in [3.05, 3.63) is 64.4 Å². The highest BCUT2D eigenvalue weighted by molar-refractivity contribution is 5.79. The number of para-hydroxylation sites is 1. The van der Waals surface area contributed by atoms with Gasteiger partial charge in [0.1, 0.15) is 13.2 Å². The van der Waals surface area contributed by atoms with Gasteiger partial charge in [0.2, 0.25) is 11.3 Å². The van der Waals surface area contributed by atoms with Crippen LogP contribution in [-0.2, 0) is 11.3 Å². The highest BCUT2D eigenvalue weighted by Crippen LogP contribution is 2.38. The zero-order valence-electron chi connectivity index (χ0n) is 16.6. The maximum Gasteiger partial charge on any atom is 0.224 e. The van der Waals surface area contributed by atoms with Gasteiger partial charge < -0.3 is 14.4 Å². The number of likely N-dealkylation sites (tertiary alicyclic amines) is 1. The van der Waals surface area contributed by atoms with Gasteiger partial charge in [0.15, 0.2) is 11.5 Å². The summed E-state index contributed by atoms with van der Waals surface area (Å²) in [5.41, 5.74) is 1.73. The molecular formula is C23H23N3O4. The third-order valence-electron chi connectivity index (χ3n) is 5.82. The lowest BCUT2D eigenvalue weighted by atomic mass is 10.0. The van der Waals surface area contributed by atoms with Gasteiger partial charge in [-0.1, -0.05) is 18.2 Å². The van der Waals surface area contributed by atoms with E-state index in [2.05, 4.69) is 5.10 Å². The SMILES string of the molecule is O=C(CCn1ncc(=O)c2ccccc21)N1CCC[C@H]1c1ccc2c(c1)OCCO2. The average Bonchev–Trinajstić information content (AvgIpc) is 3.28. The van der Waals surface area contributed by atoms with E-state index >= 15 is 0 Å². The molecule has 1 atom stereocenters. The molecule has 0 unspecified atom stereocenters. The Bertz CT molecular complexity index is 1160. The predicted molar refractivity (Wildman–Crippen MR) is 112 cm³/mol. The van der Waals surface area contributed by atoms with E-state index in [4.69, 9.17) is 9.47 Å². The molecule has 2 aliphatic heterocycles. The summed E-state index contributed by atoms with van der Waals surface area (Å²) in [5.74, 6) is 1.61. The Hall–Kier alpha value is -3.35. The fourth-order valence-electron chi connectivity index (χ4n) is 4.36. The van der Waals surface area contributed by atoms with E-state index in [9.17, 15) is 9.59 Å². The van der Waals surface area contributed by atoms with Gasteiger partial charge >= 0.3 is 0 Å². The molecule has 3 heterocycles. The Morgan fingerprint density at radius 3 is 2.83 bits per heavy atom. The lowest BCUT2D eigenvalue weighted by molar-refractivity contribution is -0.132. The molecule has 0 bridgehead atoms. The Labute approximate surface area is 173 Å². The van der Waals surface area contributed by atoms with Crippen molar-refractivity contribution < 1.29 is 14.3 Å². The number of aryl methyl sites for hydroxylation is 1. The second-order valence-electron chi connectivity index (χ2n) is 7.65. The van der Waals surface area contributed by atoms with Crippen molar-refractivity contribution in [3.8, 4) is 11.5 Å². The standard InChI is InChI=1S/C23H23N3O4/c27-20-15-24-26(19-5-2-1-4-17(19)20)11-9-23(28)25-10-3-6-18(25)16-7-8-21-22(14-16)30-13-12-29-21/h1-2,4-5,7-8,14-15,18H,3,6,9-13H2/t18-/m0/s1. The summed E-state index contributed by atoms with van der Waals surface area (Å²) < 4.78 is 13.1. The molecule has 5 rings (SSSR count). The lowest BCUT2D eigenvalue weighted by Crippen LogP contribution is -2.31. The van der Waals surface area contributed by atoms with E-state index < -0.39 is 0 Å². The van der Waals surface area contributed by atoms with Gasteiger partial charge in [0, 0.05) is 18.4 Å². The second-order valence-corrected chi connectivity index (χ2v) is 7.65. The van der Waals surface area contributed by atoms with Gasteiger partial charge in [-0.25, -0.2) is 0 Å². The van der Waals surface area contributed by atoms with E-state index in [1.807, 2.05) is 41.3 Å². The van der Waals surface area contributed by atoms with Gasteiger partial charge in [-0.3, -0.25) is 14.3 Å². The monoisotopic (exact) mass is 405 g/mol. The molecule has 0 spiro atoms. The summed E-state index contributed by atoms with van der Waals surface area (Å²) in [6.45, 7) is 2.29. The molecule has 30 heavy (non-hydrogen) atoms. The van der Waals surface area contributed by atoms with Gasteiger partial charge in [-0.15, -0.1) is 0 Å². The Morgan fingerprint density at radius 2 is 1.93 bits per heavy atom. The van der Waals surface area contributed by atoms with Crippen molar-refractivity contribution in [1.29, 1.82) is 0 Å². The molecule has 154 valence electrons. The number of ether oxygens (including phenoxy) is 2. The van der Waals surface area contributed by atoms with E-state index in [0.717, 1.165) is 42.0 Å². The molecule has 3 aromatic rings. The maximum absolute atomic E-state index is 13.1. The summed E-state index contributed by atoms with van der Waals surface area (Å²) in [6, 6.07) is 13.4. The summed E-state index contributed by atoms with van der Waals surface area (Å²) in [7, 11) is 0. The number of nitrogens with zero attached hydrogens (tertiary/aromatic N) is 3. The van der Waals surface area contributed by atoms with Crippen LogP contribution in [0.25, 0.3) is 10.9 Å². The van der Waals surface area contributed by atoms with Crippen LogP contribution in [0, 0.1) is 0 Å². The minimum absolute atomic E-state index is 0.0482. The summed E-state index contributed by atoms with van der Waals surface area (Å²) in [6.07, 6.45) is 3.57. The van der Waals surface area contributed by atoms with Crippen LogP contribution in [0.5, 0.6) is 11.5 Å². The molecule has 7 heteroatoms. The molecule has 0 radical (unpaired) electrons. The first-order valence-electron chi connectivity index (χ1n) is 10.3. The van der Waals surface area contributed by atoms with Gasteiger partial charge in [0.25, 0.3) is 0 Å². The molecule has 1 fully saturated rings. The van der Waals surface area contributed by atoms with Crippen LogP contribution in [0.3, 0.4) is 0 Å². The highest BCUT2D eigenvalue weighted by atomic mass is 16.6. The Balaban J connectivity index is 1.33. The molecule has 1 amide bonds. The number of carbonyl (C=O) groups is 1. The van der Waals surface area contributed by atoms with Crippen molar-refractivity contribution in [3.63, 3.8) is 0 Å². The van der Waals surface area contributed by atoms with Gasteiger partial charge in [0.05, 0.1) is 24.3 Å². The minimum atomic E-state index is -0.105. The smallest absolute Gasteiger partial charge is 0.224 e. The topological polar surface area (TPSA) is 73.7 Å². The fourth-order valence-corrected chi connectivity index (χ4v) is 4.36. The Kier molecular flexibility index (Phi) is 4.86. The molecular weight excluding hydrogens is 382 g/mol. The summed E-state index contributed by atoms with van der Waals surface area (Å²) in [4.78, 5) is 27.0. The quantitative estimate of drug-likeness (QED) is 0.667. The van der Waals surface area contributed by atoms with E-state index in [-0.39, 0.29) is 17.4 Å². The third-order valence-corrected chi connectivity index (χ3v) is 5.82. The van der Waals surface area contributed by atoms with Crippen LogP contribution in [0.1, 0.15) is 30.9 Å². The van der Waals surface area contributed by atoms with Crippen LogP contribution in [-0.4, -0.2) is 40.3 Å². The molecule has 0 N–H and O–H groups in total. The average molecular weight is 405 g/mol. The number of amides is 1. The highest BCUT2D eigenvalue weighted by Gasteiger charge is 2.30. The second kappa shape index (κ2) is 7.82. The number of rotatable bonds is 4. The van der Waals surface area contributed by atoms with Gasteiger partial charge in [-0.2, -0.15) is 5.10 Å². The van der Waals surface area contributed by atoms with Crippen molar-refractivity contribution in [1.82, 2.24) is 14.7 Å². The van der Waals surface area contributed by atoms with Crippen LogP contribution >= 0.6 is 0 Å². The summed E-state index contributed by atoms with van der Waals surface area (Å²) >= 11 is 0. The number of hydrogen-bond acceptors (Lipinski definition) is 5. The van der Waals surface area contributed by atoms with E-state index in [1.165, 1.54) is 6.20 Å².